The molecule has 9 nitrogen and oxygen atoms in total. The standard InChI is InChI=1S/C33H29ClN2O7/c1-22-9-5-6-12-25(22)32(39)26-16-15-24(19-27(26)34)35-28-13-7-8-14-29(28)36-33(40)43-21-42-31(38)18-17-30(37)41-20-23-10-3-2-4-11-23/h2-16,19,35H,17-18,20-21H2,1H3,(H,36,40). The van der Waals surface area contributed by atoms with Gasteiger partial charge in [0.1, 0.15) is 6.61 Å². The number of ether oxygens (including phenoxy) is 3. The van der Waals surface area contributed by atoms with Gasteiger partial charge in [0.25, 0.3) is 0 Å². The molecule has 0 saturated carbocycles. The lowest BCUT2D eigenvalue weighted by Gasteiger charge is -2.14. The second-order valence-corrected chi connectivity index (χ2v) is 9.75. The fraction of sp³-hybridized carbons (Fsp3) is 0.152. The Morgan fingerprint density at radius 3 is 2.07 bits per heavy atom. The van der Waals surface area contributed by atoms with Crippen LogP contribution in [0.25, 0.3) is 0 Å². The Labute approximate surface area is 253 Å². The van der Waals surface area contributed by atoms with E-state index in [1.807, 2.05) is 49.4 Å². The molecule has 0 spiro atoms. The quantitative estimate of drug-likeness (QED) is 0.0995. The summed E-state index contributed by atoms with van der Waals surface area (Å²) in [5, 5.41) is 6.02. The zero-order chi connectivity index (χ0) is 30.6. The number of carbonyl (C=O) groups excluding carboxylic acids is 4. The maximum absolute atomic E-state index is 13.0. The van der Waals surface area contributed by atoms with Crippen molar-refractivity contribution >= 4 is 52.5 Å². The average molecular weight is 601 g/mol. The molecule has 0 aromatic heterocycles. The third-order valence-corrected chi connectivity index (χ3v) is 6.54. The smallest absolute Gasteiger partial charge is 0.414 e. The van der Waals surface area contributed by atoms with Crippen LogP contribution >= 0.6 is 11.6 Å². The van der Waals surface area contributed by atoms with E-state index in [-0.39, 0.29) is 30.3 Å². The van der Waals surface area contributed by atoms with E-state index in [9.17, 15) is 19.2 Å². The van der Waals surface area contributed by atoms with E-state index in [2.05, 4.69) is 10.6 Å². The van der Waals surface area contributed by atoms with Crippen molar-refractivity contribution in [2.45, 2.75) is 26.4 Å². The summed E-state index contributed by atoms with van der Waals surface area (Å²) in [6.07, 6.45) is -1.24. The highest BCUT2D eigenvalue weighted by molar-refractivity contribution is 6.35. The van der Waals surface area contributed by atoms with E-state index < -0.39 is 24.8 Å². The van der Waals surface area contributed by atoms with E-state index in [1.54, 1.807) is 54.6 Å². The number of hydrogen-bond donors (Lipinski definition) is 2. The molecule has 0 heterocycles. The number of halogens is 1. The van der Waals surface area contributed by atoms with Gasteiger partial charge in [0.2, 0.25) is 6.79 Å². The Morgan fingerprint density at radius 1 is 0.698 bits per heavy atom. The molecular weight excluding hydrogens is 572 g/mol. The van der Waals surface area contributed by atoms with Crippen molar-refractivity contribution in [3.8, 4) is 0 Å². The number of esters is 2. The van der Waals surface area contributed by atoms with E-state index in [0.29, 0.717) is 28.2 Å². The van der Waals surface area contributed by atoms with Gasteiger partial charge in [-0.05, 0) is 48.4 Å². The monoisotopic (exact) mass is 600 g/mol. The normalized spacial score (nSPS) is 10.4. The summed E-state index contributed by atoms with van der Waals surface area (Å²) in [7, 11) is 0. The van der Waals surface area contributed by atoms with Crippen molar-refractivity contribution in [2.24, 2.45) is 0 Å². The molecule has 10 heteroatoms. The molecule has 43 heavy (non-hydrogen) atoms. The van der Waals surface area contributed by atoms with E-state index >= 15 is 0 Å². The van der Waals surface area contributed by atoms with Crippen molar-refractivity contribution in [2.75, 3.05) is 17.4 Å². The molecule has 0 radical (unpaired) electrons. The van der Waals surface area contributed by atoms with E-state index in [0.717, 1.165) is 11.1 Å². The summed E-state index contributed by atoms with van der Waals surface area (Å²) < 4.78 is 15.0. The van der Waals surface area contributed by atoms with Crippen molar-refractivity contribution in [1.29, 1.82) is 0 Å². The minimum atomic E-state index is -0.860. The number of ketones is 1. The third-order valence-electron chi connectivity index (χ3n) is 6.23. The predicted molar refractivity (Wildman–Crippen MR) is 162 cm³/mol. The molecule has 0 unspecified atom stereocenters. The van der Waals surface area contributed by atoms with Crippen LogP contribution in [0.2, 0.25) is 5.02 Å². The average Bonchev–Trinajstić information content (AvgIpc) is 3.00. The summed E-state index contributed by atoms with van der Waals surface area (Å²) in [4.78, 5) is 49.1. The summed E-state index contributed by atoms with van der Waals surface area (Å²) in [6, 6.07) is 28.3. The summed E-state index contributed by atoms with van der Waals surface area (Å²) >= 11 is 6.46. The minimum absolute atomic E-state index is 0.111. The van der Waals surface area contributed by atoms with Crippen molar-refractivity contribution in [1.82, 2.24) is 0 Å². The highest BCUT2D eigenvalue weighted by Gasteiger charge is 2.16. The van der Waals surface area contributed by atoms with Gasteiger partial charge in [-0.25, -0.2) is 4.79 Å². The minimum Gasteiger partial charge on any atom is -0.461 e. The molecule has 0 aliphatic rings. The van der Waals surface area contributed by atoms with Crippen LogP contribution in [-0.4, -0.2) is 30.6 Å². The number of nitrogens with one attached hydrogen (secondary N) is 2. The molecule has 0 saturated heterocycles. The van der Waals surface area contributed by atoms with Crippen molar-refractivity contribution in [3.63, 3.8) is 0 Å². The van der Waals surface area contributed by atoms with Gasteiger partial charge >= 0.3 is 18.0 Å². The number of aryl methyl sites for hydroxylation is 1. The largest absolute Gasteiger partial charge is 0.461 e. The molecule has 4 aromatic carbocycles. The van der Waals surface area contributed by atoms with Gasteiger partial charge in [-0.2, -0.15) is 0 Å². The van der Waals surface area contributed by atoms with E-state index in [4.69, 9.17) is 25.8 Å². The second-order valence-electron chi connectivity index (χ2n) is 9.35. The van der Waals surface area contributed by atoms with Gasteiger partial charge in [-0.3, -0.25) is 19.7 Å². The van der Waals surface area contributed by atoms with Crippen LogP contribution in [0.3, 0.4) is 0 Å². The molecular formula is C33H29ClN2O7. The highest BCUT2D eigenvalue weighted by Crippen LogP contribution is 2.29. The number of para-hydroxylation sites is 2. The van der Waals surface area contributed by atoms with Crippen LogP contribution < -0.4 is 10.6 Å². The first-order chi connectivity index (χ1) is 20.8. The molecule has 0 aliphatic carbocycles. The Morgan fingerprint density at radius 2 is 1.35 bits per heavy atom. The number of rotatable bonds is 12. The molecule has 4 rings (SSSR count). The topological polar surface area (TPSA) is 120 Å². The SMILES string of the molecule is Cc1ccccc1C(=O)c1ccc(Nc2ccccc2NC(=O)OCOC(=O)CCC(=O)OCc2ccccc2)cc1Cl. The van der Waals surface area contributed by atoms with Crippen LogP contribution in [0.5, 0.6) is 0 Å². The van der Waals surface area contributed by atoms with E-state index in [1.165, 1.54) is 0 Å². The van der Waals surface area contributed by atoms with Crippen molar-refractivity contribution in [3.05, 3.63) is 124 Å². The molecule has 0 bridgehead atoms. The summed E-state index contributed by atoms with van der Waals surface area (Å²) in [6.45, 7) is 1.34. The molecule has 220 valence electrons. The van der Waals surface area contributed by atoms with Crippen LogP contribution in [-0.2, 0) is 30.4 Å². The molecule has 0 atom stereocenters. The Bertz CT molecular complexity index is 1610. The van der Waals surface area contributed by atoms with Gasteiger partial charge in [-0.15, -0.1) is 0 Å². The maximum atomic E-state index is 13.0. The summed E-state index contributed by atoms with van der Waals surface area (Å²) in [5.41, 5.74) is 4.13. The zero-order valence-corrected chi connectivity index (χ0v) is 24.1. The van der Waals surface area contributed by atoms with Gasteiger partial charge in [0.15, 0.2) is 5.78 Å². The first kappa shape index (κ1) is 30.8. The Balaban J connectivity index is 1.24. The number of carbonyl (C=O) groups is 4. The number of benzene rings is 4. The second kappa shape index (κ2) is 15.2. The lowest BCUT2D eigenvalue weighted by molar-refractivity contribution is -0.155. The van der Waals surface area contributed by atoms with Gasteiger partial charge in [0.05, 0.1) is 29.2 Å². The third kappa shape index (κ3) is 9.17. The maximum Gasteiger partial charge on any atom is 0.414 e. The molecule has 0 aliphatic heterocycles. The lowest BCUT2D eigenvalue weighted by Crippen LogP contribution is -2.18. The fourth-order valence-electron chi connectivity index (χ4n) is 3.99. The molecule has 1 amide bonds. The Hall–Kier alpha value is -5.15. The van der Waals surface area contributed by atoms with Gasteiger partial charge in [0, 0.05) is 16.8 Å². The molecule has 4 aromatic rings. The van der Waals surface area contributed by atoms with Crippen LogP contribution in [0.4, 0.5) is 21.9 Å². The first-order valence-corrected chi connectivity index (χ1v) is 13.7. The first-order valence-electron chi connectivity index (χ1n) is 13.3. The fourth-order valence-corrected chi connectivity index (χ4v) is 4.25. The molecule has 2 N–H and O–H groups in total. The number of amides is 1. The lowest BCUT2D eigenvalue weighted by atomic mass is 9.99. The van der Waals surface area contributed by atoms with Crippen molar-refractivity contribution < 1.29 is 33.4 Å². The van der Waals surface area contributed by atoms with Gasteiger partial charge < -0.3 is 19.5 Å². The Kier molecular flexibility index (Phi) is 10.9. The summed E-state index contributed by atoms with van der Waals surface area (Å²) in [5.74, 6) is -1.44. The zero-order valence-electron chi connectivity index (χ0n) is 23.3. The van der Waals surface area contributed by atoms with Crippen LogP contribution in [0.1, 0.15) is 39.9 Å². The van der Waals surface area contributed by atoms with Crippen LogP contribution in [0, 0.1) is 6.92 Å². The predicted octanol–water partition coefficient (Wildman–Crippen LogP) is 7.20. The van der Waals surface area contributed by atoms with Crippen LogP contribution in [0.15, 0.2) is 97.1 Å². The highest BCUT2D eigenvalue weighted by atomic mass is 35.5. The van der Waals surface area contributed by atoms with Gasteiger partial charge in [-0.1, -0.05) is 78.3 Å². The number of anilines is 3. The molecule has 0 fully saturated rings. The number of hydrogen-bond acceptors (Lipinski definition) is 8.